The first kappa shape index (κ1) is 31.8. The van der Waals surface area contributed by atoms with Crippen LogP contribution < -0.4 is 5.32 Å². The fourth-order valence-corrected chi connectivity index (χ4v) is 2.24. The van der Waals surface area contributed by atoms with Gasteiger partial charge < -0.3 is 15.2 Å². The van der Waals surface area contributed by atoms with Crippen LogP contribution in [0.1, 0.15) is 73.1 Å². The van der Waals surface area contributed by atoms with E-state index in [0.717, 1.165) is 34.9 Å². The highest BCUT2D eigenvalue weighted by atomic mass is 16.4. The SMILES string of the molecule is C/C(CO)=C(\C)Nc1cc(C(C)(C)C)nn1-c1ccccc1C.C=CCC.CC.COC. The number of benzene rings is 1. The Morgan fingerprint density at radius 2 is 1.69 bits per heavy atom. The second-order valence-electron chi connectivity index (χ2n) is 8.16. The minimum absolute atomic E-state index is 0.0337. The molecule has 0 aliphatic carbocycles. The third-order valence-corrected chi connectivity index (χ3v) is 4.30. The lowest BCUT2D eigenvalue weighted by molar-refractivity contribution is 0.277. The van der Waals surface area contributed by atoms with Crippen LogP contribution in [0.3, 0.4) is 0 Å². The molecule has 1 aromatic carbocycles. The fraction of sp³-hybridized carbons (Fsp3) is 0.519. The molecule has 0 unspecified atom stereocenters. The van der Waals surface area contributed by atoms with Crippen molar-refractivity contribution < 1.29 is 9.84 Å². The average molecular weight is 446 g/mol. The van der Waals surface area contributed by atoms with E-state index in [1.54, 1.807) is 14.2 Å². The van der Waals surface area contributed by atoms with Crippen molar-refractivity contribution in [2.24, 2.45) is 0 Å². The molecule has 0 saturated carbocycles. The van der Waals surface area contributed by atoms with Gasteiger partial charge in [-0.1, -0.05) is 65.8 Å². The van der Waals surface area contributed by atoms with E-state index in [4.69, 9.17) is 5.10 Å². The summed E-state index contributed by atoms with van der Waals surface area (Å²) in [5, 5.41) is 17.5. The zero-order valence-electron chi connectivity index (χ0n) is 22.3. The monoisotopic (exact) mass is 445 g/mol. The van der Waals surface area contributed by atoms with E-state index in [1.165, 1.54) is 5.56 Å². The Balaban J connectivity index is 0. The van der Waals surface area contributed by atoms with Gasteiger partial charge >= 0.3 is 0 Å². The molecule has 0 bridgehead atoms. The van der Waals surface area contributed by atoms with Crippen molar-refractivity contribution in [2.45, 2.75) is 74.1 Å². The van der Waals surface area contributed by atoms with Crippen molar-refractivity contribution >= 4 is 5.82 Å². The van der Waals surface area contributed by atoms with Crippen molar-refractivity contribution in [3.63, 3.8) is 0 Å². The van der Waals surface area contributed by atoms with E-state index in [0.29, 0.717) is 0 Å². The number of rotatable bonds is 5. The predicted molar refractivity (Wildman–Crippen MR) is 141 cm³/mol. The number of aliphatic hydroxyl groups is 1. The molecule has 32 heavy (non-hydrogen) atoms. The number of hydrogen-bond donors (Lipinski definition) is 2. The highest BCUT2D eigenvalue weighted by Crippen LogP contribution is 2.28. The van der Waals surface area contributed by atoms with E-state index in [9.17, 15) is 5.11 Å². The van der Waals surface area contributed by atoms with Gasteiger partial charge in [-0.25, -0.2) is 4.68 Å². The van der Waals surface area contributed by atoms with Crippen molar-refractivity contribution in [2.75, 3.05) is 26.1 Å². The summed E-state index contributed by atoms with van der Waals surface area (Å²) in [6.07, 6.45) is 2.96. The largest absolute Gasteiger partial charge is 0.392 e. The molecular weight excluding hydrogens is 398 g/mol. The first-order chi connectivity index (χ1) is 15.1. The average Bonchev–Trinajstić information content (AvgIpc) is 3.19. The quantitative estimate of drug-likeness (QED) is 0.484. The van der Waals surface area contributed by atoms with Crippen LogP contribution in [0.4, 0.5) is 5.82 Å². The Labute approximate surface area is 197 Å². The standard InChI is InChI=1S/C19H27N3O.C4H8.C2H6O.C2H6/c1-13-9-7-8-10-16(13)22-18(20-15(3)14(2)12-23)11-17(21-22)19(4,5)6;1-3-4-2;1-3-2;1-2/h7-11,20,23H,12H2,1-6H3;3H,1,4H2,2H3;1-2H3;1-2H3/b15-14-;;;. The second-order valence-corrected chi connectivity index (χ2v) is 8.16. The maximum absolute atomic E-state index is 9.33. The second kappa shape index (κ2) is 17.2. The summed E-state index contributed by atoms with van der Waals surface area (Å²) in [6.45, 7) is 22.0. The van der Waals surface area contributed by atoms with Crippen LogP contribution in [0.2, 0.25) is 0 Å². The molecule has 0 spiro atoms. The smallest absolute Gasteiger partial charge is 0.134 e. The lowest BCUT2D eigenvalue weighted by Gasteiger charge is -2.14. The first-order valence-electron chi connectivity index (χ1n) is 11.3. The van der Waals surface area contributed by atoms with Gasteiger partial charge in [-0.2, -0.15) is 5.10 Å². The van der Waals surface area contributed by atoms with Crippen molar-refractivity contribution in [3.8, 4) is 5.69 Å². The minimum atomic E-state index is -0.0337. The Morgan fingerprint density at radius 3 is 2.09 bits per heavy atom. The van der Waals surface area contributed by atoms with Gasteiger partial charge in [-0.3, -0.25) is 0 Å². The van der Waals surface area contributed by atoms with E-state index in [2.05, 4.69) is 69.5 Å². The summed E-state index contributed by atoms with van der Waals surface area (Å²) < 4.78 is 6.20. The highest BCUT2D eigenvalue weighted by Gasteiger charge is 2.21. The lowest BCUT2D eigenvalue weighted by atomic mass is 9.92. The van der Waals surface area contributed by atoms with Crippen molar-refractivity contribution in [1.29, 1.82) is 0 Å². The van der Waals surface area contributed by atoms with Gasteiger partial charge in [-0.05, 0) is 44.4 Å². The summed E-state index contributed by atoms with van der Waals surface area (Å²) in [5.41, 5.74) is 5.08. The zero-order chi connectivity index (χ0) is 25.3. The molecule has 2 aromatic rings. The Morgan fingerprint density at radius 1 is 1.19 bits per heavy atom. The van der Waals surface area contributed by atoms with Gasteiger partial charge in [0.2, 0.25) is 0 Å². The number of para-hydroxylation sites is 1. The Kier molecular flexibility index (Phi) is 17.1. The minimum Gasteiger partial charge on any atom is -0.392 e. The predicted octanol–water partition coefficient (Wildman–Crippen LogP) is 7.05. The maximum atomic E-state index is 9.33. The number of anilines is 1. The maximum Gasteiger partial charge on any atom is 0.134 e. The van der Waals surface area contributed by atoms with Gasteiger partial charge in [0.1, 0.15) is 5.82 Å². The molecule has 0 saturated heterocycles. The number of ether oxygens (including phenoxy) is 1. The molecule has 182 valence electrons. The van der Waals surface area contributed by atoms with Gasteiger partial charge in [-0.15, -0.1) is 6.58 Å². The molecule has 0 fully saturated rings. The molecule has 2 rings (SSSR count). The fourth-order valence-electron chi connectivity index (χ4n) is 2.24. The Bertz CT molecular complexity index is 799. The van der Waals surface area contributed by atoms with Gasteiger partial charge in [0.15, 0.2) is 0 Å². The summed E-state index contributed by atoms with van der Waals surface area (Å²) in [5.74, 6) is 0.912. The number of hydrogen-bond acceptors (Lipinski definition) is 4. The molecule has 0 atom stereocenters. The van der Waals surface area contributed by atoms with Gasteiger partial charge in [0, 0.05) is 31.4 Å². The topological polar surface area (TPSA) is 59.3 Å². The van der Waals surface area contributed by atoms with Crippen LogP contribution in [0.25, 0.3) is 5.69 Å². The molecule has 0 aliphatic heterocycles. The number of nitrogens with one attached hydrogen (secondary N) is 1. The summed E-state index contributed by atoms with van der Waals surface area (Å²) in [6, 6.07) is 10.3. The van der Waals surface area contributed by atoms with Gasteiger partial charge in [0.05, 0.1) is 18.0 Å². The molecule has 5 heteroatoms. The van der Waals surface area contributed by atoms with Crippen LogP contribution in [0.5, 0.6) is 0 Å². The number of aromatic nitrogens is 2. The molecule has 5 nitrogen and oxygen atoms in total. The molecular formula is C27H47N3O2. The Hall–Kier alpha value is -2.37. The number of allylic oxidation sites excluding steroid dienone is 2. The van der Waals surface area contributed by atoms with Crippen LogP contribution in [0, 0.1) is 6.92 Å². The van der Waals surface area contributed by atoms with Crippen LogP contribution in [-0.2, 0) is 10.2 Å². The highest BCUT2D eigenvalue weighted by molar-refractivity contribution is 5.53. The number of aliphatic hydroxyl groups excluding tert-OH is 1. The molecule has 0 radical (unpaired) electrons. The van der Waals surface area contributed by atoms with Crippen molar-refractivity contribution in [3.05, 3.63) is 65.5 Å². The van der Waals surface area contributed by atoms with Gasteiger partial charge in [0.25, 0.3) is 0 Å². The first-order valence-corrected chi connectivity index (χ1v) is 11.3. The third-order valence-electron chi connectivity index (χ3n) is 4.30. The lowest BCUT2D eigenvalue weighted by Crippen LogP contribution is -2.13. The number of nitrogens with zero attached hydrogens (tertiary/aromatic N) is 2. The van der Waals surface area contributed by atoms with Crippen molar-refractivity contribution in [1.82, 2.24) is 9.78 Å². The number of aryl methyl sites for hydroxylation is 1. The molecule has 2 N–H and O–H groups in total. The molecule has 0 aliphatic rings. The molecule has 1 aromatic heterocycles. The molecule has 0 amide bonds. The van der Waals surface area contributed by atoms with E-state index in [1.807, 2.05) is 50.6 Å². The van der Waals surface area contributed by atoms with Crippen LogP contribution >= 0.6 is 0 Å². The molecule has 1 heterocycles. The van der Waals surface area contributed by atoms with E-state index < -0.39 is 0 Å². The normalized spacial score (nSPS) is 10.9. The van der Waals surface area contributed by atoms with Crippen LogP contribution in [-0.4, -0.2) is 35.7 Å². The summed E-state index contributed by atoms with van der Waals surface area (Å²) in [7, 11) is 3.25. The summed E-state index contributed by atoms with van der Waals surface area (Å²) >= 11 is 0. The van der Waals surface area contributed by atoms with E-state index >= 15 is 0 Å². The third kappa shape index (κ3) is 11.3. The number of methoxy groups -OCH3 is 1. The van der Waals surface area contributed by atoms with Crippen LogP contribution in [0.15, 0.2) is 54.3 Å². The zero-order valence-corrected chi connectivity index (χ0v) is 22.3. The summed E-state index contributed by atoms with van der Waals surface area (Å²) in [4.78, 5) is 0. The van der Waals surface area contributed by atoms with E-state index in [-0.39, 0.29) is 12.0 Å².